The maximum atomic E-state index is 2.47. The van der Waals surface area contributed by atoms with Gasteiger partial charge in [-0.15, -0.1) is 0 Å². The molecule has 0 saturated heterocycles. The van der Waals surface area contributed by atoms with E-state index in [2.05, 4.69) is 20.8 Å². The number of rotatable bonds is 5. The molecule has 0 aromatic carbocycles. The Balaban J connectivity index is 2.52. The van der Waals surface area contributed by atoms with Gasteiger partial charge in [-0.2, -0.15) is 0 Å². The molecular formula is C13H26. The van der Waals surface area contributed by atoms with Crippen LogP contribution in [0.25, 0.3) is 0 Å². The van der Waals surface area contributed by atoms with Gasteiger partial charge in [0.2, 0.25) is 0 Å². The van der Waals surface area contributed by atoms with E-state index < -0.39 is 0 Å². The van der Waals surface area contributed by atoms with Gasteiger partial charge in [0.25, 0.3) is 0 Å². The minimum absolute atomic E-state index is 0.755. The van der Waals surface area contributed by atoms with Crippen molar-refractivity contribution in [2.75, 3.05) is 0 Å². The van der Waals surface area contributed by atoms with Crippen molar-refractivity contribution in [1.29, 1.82) is 0 Å². The van der Waals surface area contributed by atoms with Crippen molar-refractivity contribution < 1.29 is 0 Å². The van der Waals surface area contributed by atoms with E-state index in [-0.39, 0.29) is 0 Å². The molecule has 0 heteroatoms. The van der Waals surface area contributed by atoms with Crippen LogP contribution in [0.4, 0.5) is 0 Å². The van der Waals surface area contributed by atoms with E-state index in [1.165, 1.54) is 51.4 Å². The normalized spacial score (nSPS) is 23.3. The molecule has 0 spiro atoms. The molecule has 1 aliphatic carbocycles. The predicted molar refractivity (Wildman–Crippen MR) is 59.9 cm³/mol. The van der Waals surface area contributed by atoms with Gasteiger partial charge in [-0.25, -0.2) is 0 Å². The van der Waals surface area contributed by atoms with Gasteiger partial charge in [0.1, 0.15) is 0 Å². The average molecular weight is 182 g/mol. The monoisotopic (exact) mass is 182 g/mol. The summed E-state index contributed by atoms with van der Waals surface area (Å²) in [5, 5.41) is 0. The third kappa shape index (κ3) is 2.48. The Morgan fingerprint density at radius 2 is 1.77 bits per heavy atom. The quantitative estimate of drug-likeness (QED) is 0.574. The average Bonchev–Trinajstić information content (AvgIpc) is 2.63. The summed E-state index contributed by atoms with van der Waals surface area (Å²) in [6, 6.07) is 0. The first-order chi connectivity index (χ1) is 6.25. The minimum atomic E-state index is 0.755. The van der Waals surface area contributed by atoms with Crippen molar-refractivity contribution in [1.82, 2.24) is 0 Å². The fraction of sp³-hybridized carbons (Fsp3) is 1.00. The minimum Gasteiger partial charge on any atom is -0.0654 e. The molecule has 1 aliphatic rings. The van der Waals surface area contributed by atoms with E-state index in [1.54, 1.807) is 0 Å². The van der Waals surface area contributed by atoms with Crippen LogP contribution in [0.1, 0.15) is 72.1 Å². The molecule has 0 heterocycles. The van der Waals surface area contributed by atoms with Crippen LogP contribution < -0.4 is 0 Å². The molecular weight excluding hydrogens is 156 g/mol. The summed E-state index contributed by atoms with van der Waals surface area (Å²) < 4.78 is 0. The van der Waals surface area contributed by atoms with Gasteiger partial charge < -0.3 is 0 Å². The largest absolute Gasteiger partial charge is 0.0654 e. The molecule has 1 saturated carbocycles. The highest BCUT2D eigenvalue weighted by Crippen LogP contribution is 2.49. The summed E-state index contributed by atoms with van der Waals surface area (Å²) in [6.07, 6.45) is 11.7. The second-order valence-electron chi connectivity index (χ2n) is 4.98. The third-order valence-electron chi connectivity index (χ3n) is 4.29. The van der Waals surface area contributed by atoms with Crippen molar-refractivity contribution in [3.05, 3.63) is 0 Å². The predicted octanol–water partition coefficient (Wildman–Crippen LogP) is 4.78. The zero-order valence-electron chi connectivity index (χ0n) is 9.73. The smallest absolute Gasteiger partial charge is 0.0272 e. The summed E-state index contributed by atoms with van der Waals surface area (Å²) in [4.78, 5) is 0. The molecule has 0 radical (unpaired) electrons. The fourth-order valence-electron chi connectivity index (χ4n) is 3.03. The zero-order chi connectivity index (χ0) is 9.73. The van der Waals surface area contributed by atoms with Crippen LogP contribution in [-0.4, -0.2) is 0 Å². The Hall–Kier alpha value is 0. The van der Waals surface area contributed by atoms with E-state index in [0.717, 1.165) is 11.3 Å². The van der Waals surface area contributed by atoms with E-state index >= 15 is 0 Å². The molecule has 1 rings (SSSR count). The maximum absolute atomic E-state index is 2.47. The van der Waals surface area contributed by atoms with Crippen molar-refractivity contribution in [2.24, 2.45) is 11.3 Å². The fourth-order valence-corrected chi connectivity index (χ4v) is 3.03. The number of hydrogen-bond donors (Lipinski definition) is 0. The molecule has 0 aliphatic heterocycles. The lowest BCUT2D eigenvalue weighted by atomic mass is 9.70. The standard InChI is InChI=1S/C13H26/c1-4-6-9-13(12(3)5-2)10-7-8-11-13/h12H,4-11H2,1-3H3. The second kappa shape index (κ2) is 5.02. The number of hydrogen-bond acceptors (Lipinski definition) is 0. The topological polar surface area (TPSA) is 0 Å². The van der Waals surface area contributed by atoms with Crippen LogP contribution in [0.3, 0.4) is 0 Å². The van der Waals surface area contributed by atoms with Crippen molar-refractivity contribution in [3.63, 3.8) is 0 Å². The summed E-state index contributed by atoms with van der Waals surface area (Å²) in [5.41, 5.74) is 0.755. The maximum Gasteiger partial charge on any atom is -0.0272 e. The van der Waals surface area contributed by atoms with E-state index in [1.807, 2.05) is 0 Å². The zero-order valence-corrected chi connectivity index (χ0v) is 9.73. The Bertz CT molecular complexity index is 131. The molecule has 13 heavy (non-hydrogen) atoms. The molecule has 0 N–H and O–H groups in total. The Kier molecular flexibility index (Phi) is 4.28. The van der Waals surface area contributed by atoms with Crippen molar-refractivity contribution in [2.45, 2.75) is 72.1 Å². The SMILES string of the molecule is CCCCC1(C(C)CC)CCCC1. The van der Waals surface area contributed by atoms with Crippen LogP contribution in [0.2, 0.25) is 0 Å². The van der Waals surface area contributed by atoms with Gasteiger partial charge >= 0.3 is 0 Å². The number of unbranched alkanes of at least 4 members (excludes halogenated alkanes) is 1. The molecule has 0 nitrogen and oxygen atoms in total. The van der Waals surface area contributed by atoms with Gasteiger partial charge in [-0.05, 0) is 30.6 Å². The van der Waals surface area contributed by atoms with Crippen LogP contribution in [0.5, 0.6) is 0 Å². The molecule has 0 aromatic rings. The molecule has 1 unspecified atom stereocenters. The van der Waals surface area contributed by atoms with E-state index in [4.69, 9.17) is 0 Å². The summed E-state index contributed by atoms with van der Waals surface area (Å²) in [6.45, 7) is 7.15. The highest BCUT2D eigenvalue weighted by Gasteiger charge is 2.36. The summed E-state index contributed by atoms with van der Waals surface area (Å²) in [7, 11) is 0. The van der Waals surface area contributed by atoms with Crippen LogP contribution in [0.15, 0.2) is 0 Å². The van der Waals surface area contributed by atoms with Crippen molar-refractivity contribution in [3.8, 4) is 0 Å². The Labute approximate surface area is 84.1 Å². The third-order valence-corrected chi connectivity index (χ3v) is 4.29. The molecule has 0 amide bonds. The highest BCUT2D eigenvalue weighted by atomic mass is 14.4. The van der Waals surface area contributed by atoms with Crippen LogP contribution in [-0.2, 0) is 0 Å². The Morgan fingerprint density at radius 3 is 2.23 bits per heavy atom. The molecule has 1 atom stereocenters. The first-order valence-electron chi connectivity index (χ1n) is 6.25. The van der Waals surface area contributed by atoms with E-state index in [0.29, 0.717) is 0 Å². The molecule has 78 valence electrons. The lowest BCUT2D eigenvalue weighted by Gasteiger charge is -2.35. The lowest BCUT2D eigenvalue weighted by Crippen LogP contribution is -2.25. The van der Waals surface area contributed by atoms with Gasteiger partial charge in [-0.1, -0.05) is 52.9 Å². The lowest BCUT2D eigenvalue weighted by molar-refractivity contribution is 0.155. The molecule has 1 fully saturated rings. The van der Waals surface area contributed by atoms with Gasteiger partial charge in [0.15, 0.2) is 0 Å². The van der Waals surface area contributed by atoms with Crippen molar-refractivity contribution >= 4 is 0 Å². The van der Waals surface area contributed by atoms with Gasteiger partial charge in [-0.3, -0.25) is 0 Å². The Morgan fingerprint density at radius 1 is 1.15 bits per heavy atom. The van der Waals surface area contributed by atoms with Crippen LogP contribution in [0, 0.1) is 11.3 Å². The molecule has 0 bridgehead atoms. The highest BCUT2D eigenvalue weighted by molar-refractivity contribution is 4.88. The van der Waals surface area contributed by atoms with Gasteiger partial charge in [0, 0.05) is 0 Å². The second-order valence-corrected chi connectivity index (χ2v) is 4.98. The summed E-state index contributed by atoms with van der Waals surface area (Å²) >= 11 is 0. The van der Waals surface area contributed by atoms with Crippen LogP contribution >= 0.6 is 0 Å². The first-order valence-corrected chi connectivity index (χ1v) is 6.25. The summed E-state index contributed by atoms with van der Waals surface area (Å²) in [5.74, 6) is 0.960. The van der Waals surface area contributed by atoms with Gasteiger partial charge in [0.05, 0.1) is 0 Å². The molecule has 0 aromatic heterocycles. The van der Waals surface area contributed by atoms with E-state index in [9.17, 15) is 0 Å². The first kappa shape index (κ1) is 11.1.